The molecule has 20 heavy (non-hydrogen) atoms. The number of amides is 2. The molecule has 0 aliphatic carbocycles. The summed E-state index contributed by atoms with van der Waals surface area (Å²) in [6, 6.07) is 0. The third-order valence-corrected chi connectivity index (χ3v) is 4.26. The van der Waals surface area contributed by atoms with Gasteiger partial charge in [-0.05, 0) is 39.9 Å². The molecule has 0 saturated heterocycles. The summed E-state index contributed by atoms with van der Waals surface area (Å²) in [6.07, 6.45) is 0.287. The van der Waals surface area contributed by atoms with Gasteiger partial charge in [0.05, 0.1) is 11.8 Å². The molecule has 1 heterocycles. The molecule has 0 aliphatic heterocycles. The molecule has 0 bridgehead atoms. The van der Waals surface area contributed by atoms with E-state index in [0.717, 1.165) is 10.6 Å². The van der Waals surface area contributed by atoms with Crippen LogP contribution in [0.5, 0.6) is 0 Å². The Labute approximate surface area is 128 Å². The molecule has 3 N–H and O–H groups in total. The number of aromatic nitrogens is 1. The molecule has 0 aromatic carbocycles. The van der Waals surface area contributed by atoms with Gasteiger partial charge in [0.1, 0.15) is 0 Å². The van der Waals surface area contributed by atoms with E-state index in [9.17, 15) is 9.59 Å². The molecular formula is C13H21N3O2S2. The van der Waals surface area contributed by atoms with Crippen molar-refractivity contribution >= 4 is 35.4 Å². The Hall–Kier alpha value is -1.21. The quantitative estimate of drug-likeness (QED) is 0.702. The van der Waals surface area contributed by atoms with Gasteiger partial charge in [-0.3, -0.25) is 9.59 Å². The smallest absolute Gasteiger partial charge is 0.227 e. The van der Waals surface area contributed by atoms with Crippen LogP contribution in [0.4, 0.5) is 0 Å². The lowest BCUT2D eigenvalue weighted by molar-refractivity contribution is -0.129. The van der Waals surface area contributed by atoms with Gasteiger partial charge in [-0.1, -0.05) is 0 Å². The van der Waals surface area contributed by atoms with E-state index in [2.05, 4.69) is 15.6 Å². The number of hydrogen-bond donors (Lipinski definition) is 3. The van der Waals surface area contributed by atoms with Crippen LogP contribution in [-0.4, -0.2) is 29.9 Å². The zero-order chi connectivity index (χ0) is 15.3. The van der Waals surface area contributed by atoms with Crippen LogP contribution in [0.25, 0.3) is 0 Å². The molecule has 1 aromatic rings. The predicted molar refractivity (Wildman–Crippen MR) is 83.4 cm³/mol. The lowest BCUT2D eigenvalue weighted by atomic mass is 9.92. The normalized spacial score (nSPS) is 11.2. The van der Waals surface area contributed by atoms with Crippen LogP contribution in [0.15, 0.2) is 0 Å². The first-order chi connectivity index (χ1) is 9.26. The van der Waals surface area contributed by atoms with Crippen molar-refractivity contribution < 1.29 is 9.59 Å². The molecule has 1 aromatic heterocycles. The van der Waals surface area contributed by atoms with Crippen LogP contribution in [0.2, 0.25) is 0 Å². The van der Waals surface area contributed by atoms with Crippen molar-refractivity contribution in [3.63, 3.8) is 0 Å². The summed E-state index contributed by atoms with van der Waals surface area (Å²) in [5.41, 5.74) is 0.309. The van der Waals surface area contributed by atoms with Crippen LogP contribution in [0.1, 0.15) is 31.3 Å². The maximum atomic E-state index is 11.9. The van der Waals surface area contributed by atoms with Gasteiger partial charge in [0.25, 0.3) is 0 Å². The number of aromatic amines is 1. The highest BCUT2D eigenvalue weighted by atomic mass is 32.1. The number of carbonyl (C=O) groups is 2. The van der Waals surface area contributed by atoms with Crippen LogP contribution in [-0.2, 0) is 16.0 Å². The molecule has 0 aliphatic rings. The van der Waals surface area contributed by atoms with E-state index < -0.39 is 5.41 Å². The second-order valence-corrected chi connectivity index (χ2v) is 7.03. The predicted octanol–water partition coefficient (Wildman–Crippen LogP) is 1.94. The molecule has 0 unspecified atom stereocenters. The highest BCUT2D eigenvalue weighted by molar-refractivity contribution is 7.73. The Balaban J connectivity index is 2.53. The standard InChI is InChI=1S/C13H21N3O2S2/c1-5-14-11(18)13(3,4)7-15-10(17)6-9-8(2)16-12(19)20-9/h5-7H2,1-4H3,(H,14,18)(H,15,17)(H,16,19). The molecular weight excluding hydrogens is 294 g/mol. The molecule has 0 saturated carbocycles. The van der Waals surface area contributed by atoms with Crippen molar-refractivity contribution in [3.8, 4) is 0 Å². The molecule has 0 fully saturated rings. The molecule has 0 atom stereocenters. The highest BCUT2D eigenvalue weighted by Gasteiger charge is 2.27. The van der Waals surface area contributed by atoms with Gasteiger partial charge in [0, 0.05) is 23.7 Å². The first-order valence-corrected chi connectivity index (χ1v) is 7.72. The zero-order valence-corrected chi connectivity index (χ0v) is 13.9. The minimum absolute atomic E-state index is 0.0613. The fourth-order valence-electron chi connectivity index (χ4n) is 1.61. The Morgan fingerprint density at radius 1 is 1.35 bits per heavy atom. The van der Waals surface area contributed by atoms with E-state index >= 15 is 0 Å². The molecule has 2 amide bonds. The van der Waals surface area contributed by atoms with Gasteiger partial charge in [0.15, 0.2) is 3.95 Å². The third-order valence-electron chi connectivity index (χ3n) is 2.92. The van der Waals surface area contributed by atoms with Crippen molar-refractivity contribution in [1.29, 1.82) is 0 Å². The molecule has 1 rings (SSSR count). The summed E-state index contributed by atoms with van der Waals surface area (Å²) in [4.78, 5) is 27.7. The van der Waals surface area contributed by atoms with Crippen LogP contribution < -0.4 is 10.6 Å². The van der Waals surface area contributed by atoms with Crippen LogP contribution in [0.3, 0.4) is 0 Å². The van der Waals surface area contributed by atoms with Crippen molar-refractivity contribution in [2.45, 2.75) is 34.1 Å². The number of H-pyrrole nitrogens is 1. The molecule has 5 nitrogen and oxygen atoms in total. The number of rotatable bonds is 6. The minimum Gasteiger partial charge on any atom is -0.356 e. The van der Waals surface area contributed by atoms with E-state index in [4.69, 9.17) is 12.2 Å². The van der Waals surface area contributed by atoms with Gasteiger partial charge >= 0.3 is 0 Å². The molecule has 112 valence electrons. The van der Waals surface area contributed by atoms with E-state index in [1.807, 2.05) is 27.7 Å². The maximum absolute atomic E-state index is 11.9. The Morgan fingerprint density at radius 2 is 2.00 bits per heavy atom. The second-order valence-electron chi connectivity index (χ2n) is 5.26. The number of nitrogens with one attached hydrogen (secondary N) is 3. The van der Waals surface area contributed by atoms with E-state index in [1.54, 1.807) is 0 Å². The van der Waals surface area contributed by atoms with Gasteiger partial charge in [-0.25, -0.2) is 0 Å². The summed E-state index contributed by atoms with van der Waals surface area (Å²) in [5, 5.41) is 5.57. The van der Waals surface area contributed by atoms with E-state index in [0.29, 0.717) is 17.0 Å². The van der Waals surface area contributed by atoms with Crippen molar-refractivity contribution in [2.75, 3.05) is 13.1 Å². The van der Waals surface area contributed by atoms with Crippen molar-refractivity contribution in [1.82, 2.24) is 15.6 Å². The third kappa shape index (κ3) is 4.72. The van der Waals surface area contributed by atoms with Gasteiger partial charge < -0.3 is 15.6 Å². The average molecular weight is 315 g/mol. The van der Waals surface area contributed by atoms with Gasteiger partial charge in [0.2, 0.25) is 11.8 Å². The molecule has 0 spiro atoms. The van der Waals surface area contributed by atoms with E-state index in [-0.39, 0.29) is 18.2 Å². The Kier molecular flexibility index (Phi) is 5.88. The number of hydrogen-bond acceptors (Lipinski definition) is 4. The Bertz CT molecular complexity index is 546. The van der Waals surface area contributed by atoms with Crippen molar-refractivity contribution in [2.24, 2.45) is 5.41 Å². The topological polar surface area (TPSA) is 74.0 Å². The second kappa shape index (κ2) is 6.99. The van der Waals surface area contributed by atoms with Gasteiger partial charge in [-0.2, -0.15) is 0 Å². The number of thiazole rings is 1. The van der Waals surface area contributed by atoms with E-state index in [1.165, 1.54) is 11.3 Å². The first-order valence-electron chi connectivity index (χ1n) is 6.50. The fraction of sp³-hybridized carbons (Fsp3) is 0.615. The van der Waals surface area contributed by atoms with Crippen molar-refractivity contribution in [3.05, 3.63) is 14.5 Å². The number of aryl methyl sites for hydroxylation is 1. The number of carbonyl (C=O) groups excluding carboxylic acids is 2. The van der Waals surface area contributed by atoms with Crippen LogP contribution >= 0.6 is 23.6 Å². The summed E-state index contributed by atoms with van der Waals surface area (Å²) in [7, 11) is 0. The summed E-state index contributed by atoms with van der Waals surface area (Å²) >= 11 is 6.45. The summed E-state index contributed by atoms with van der Waals surface area (Å²) in [6.45, 7) is 8.28. The lowest BCUT2D eigenvalue weighted by Gasteiger charge is -2.23. The highest BCUT2D eigenvalue weighted by Crippen LogP contribution is 2.16. The molecule has 0 radical (unpaired) electrons. The largest absolute Gasteiger partial charge is 0.356 e. The molecule has 7 heteroatoms. The summed E-state index contributed by atoms with van der Waals surface area (Å²) < 4.78 is 0.674. The lowest BCUT2D eigenvalue weighted by Crippen LogP contribution is -2.45. The average Bonchev–Trinajstić information content (AvgIpc) is 2.66. The first kappa shape index (κ1) is 16.8. The SMILES string of the molecule is CCNC(=O)C(C)(C)CNC(=O)Cc1sc(=S)[nH]c1C. The van der Waals surface area contributed by atoms with Crippen LogP contribution in [0, 0.1) is 16.3 Å². The Morgan fingerprint density at radius 3 is 2.50 bits per heavy atom. The zero-order valence-electron chi connectivity index (χ0n) is 12.3. The minimum atomic E-state index is -0.620. The fourth-order valence-corrected chi connectivity index (χ4v) is 2.90. The maximum Gasteiger partial charge on any atom is 0.227 e. The monoisotopic (exact) mass is 315 g/mol. The summed E-state index contributed by atoms with van der Waals surface area (Å²) in [5.74, 6) is -0.162. The van der Waals surface area contributed by atoms with Gasteiger partial charge in [-0.15, -0.1) is 11.3 Å².